The highest BCUT2D eigenvalue weighted by Crippen LogP contribution is 2.29. The molecule has 1 aromatic carbocycles. The Balaban J connectivity index is 3.53. The quantitative estimate of drug-likeness (QED) is 0.471. The third-order valence-electron chi connectivity index (χ3n) is 5.62. The SMILES string of the molecule is CCCC(C)NC(=O)C(c1c(C)cccc1C)N(CC#N)C(=O)C(NC(=O)OC(C)(C)C)C(C)C. The molecule has 35 heavy (non-hydrogen) atoms. The highest BCUT2D eigenvalue weighted by molar-refractivity contribution is 5.93. The van der Waals surface area contributed by atoms with Crippen LogP contribution in [0.25, 0.3) is 0 Å². The molecular weight excluding hydrogens is 444 g/mol. The maximum Gasteiger partial charge on any atom is 0.408 e. The predicted octanol–water partition coefficient (Wildman–Crippen LogP) is 4.55. The number of carbonyl (C=O) groups excluding carboxylic acids is 3. The summed E-state index contributed by atoms with van der Waals surface area (Å²) in [6.07, 6.45) is 0.948. The molecular formula is C27H42N4O4. The molecule has 1 aromatic rings. The number of nitriles is 1. The first-order chi connectivity index (χ1) is 16.2. The van der Waals surface area contributed by atoms with Crippen molar-refractivity contribution in [1.82, 2.24) is 15.5 Å². The lowest BCUT2D eigenvalue weighted by Gasteiger charge is -2.35. The predicted molar refractivity (Wildman–Crippen MR) is 136 cm³/mol. The molecule has 0 saturated heterocycles. The number of hydrogen-bond donors (Lipinski definition) is 2. The van der Waals surface area contributed by atoms with E-state index in [1.165, 1.54) is 4.90 Å². The van der Waals surface area contributed by atoms with E-state index >= 15 is 0 Å². The van der Waals surface area contributed by atoms with Crippen LogP contribution in [-0.2, 0) is 14.3 Å². The first-order valence-electron chi connectivity index (χ1n) is 12.3. The summed E-state index contributed by atoms with van der Waals surface area (Å²) in [4.78, 5) is 41.3. The summed E-state index contributed by atoms with van der Waals surface area (Å²) in [6, 6.07) is 5.59. The lowest BCUT2D eigenvalue weighted by atomic mass is 9.92. The highest BCUT2D eigenvalue weighted by Gasteiger charge is 2.38. The minimum Gasteiger partial charge on any atom is -0.444 e. The van der Waals surface area contributed by atoms with Crippen LogP contribution < -0.4 is 10.6 Å². The Labute approximate surface area is 210 Å². The molecule has 0 bridgehead atoms. The van der Waals surface area contributed by atoms with E-state index in [9.17, 15) is 19.6 Å². The molecule has 0 saturated carbocycles. The summed E-state index contributed by atoms with van der Waals surface area (Å²) < 4.78 is 5.35. The van der Waals surface area contributed by atoms with Gasteiger partial charge in [0.2, 0.25) is 11.8 Å². The number of carbonyl (C=O) groups is 3. The van der Waals surface area contributed by atoms with Crippen molar-refractivity contribution in [3.8, 4) is 6.07 Å². The molecule has 3 atom stereocenters. The summed E-state index contributed by atoms with van der Waals surface area (Å²) in [7, 11) is 0. The van der Waals surface area contributed by atoms with Crippen LogP contribution in [-0.4, -0.2) is 47.0 Å². The average Bonchev–Trinajstić information content (AvgIpc) is 2.71. The Morgan fingerprint density at radius 2 is 1.66 bits per heavy atom. The van der Waals surface area contributed by atoms with Gasteiger partial charge in [0.25, 0.3) is 0 Å². The van der Waals surface area contributed by atoms with Crippen LogP contribution in [0.2, 0.25) is 0 Å². The summed E-state index contributed by atoms with van der Waals surface area (Å²) in [5.74, 6) is -1.18. The number of benzene rings is 1. The van der Waals surface area contributed by atoms with Crippen LogP contribution in [0.3, 0.4) is 0 Å². The van der Waals surface area contributed by atoms with Gasteiger partial charge in [0.1, 0.15) is 24.2 Å². The molecule has 0 radical (unpaired) electrons. The molecule has 0 spiro atoms. The number of nitrogens with one attached hydrogen (secondary N) is 2. The fourth-order valence-corrected chi connectivity index (χ4v) is 4.01. The number of ether oxygens (including phenoxy) is 1. The Morgan fingerprint density at radius 1 is 1.09 bits per heavy atom. The van der Waals surface area contributed by atoms with E-state index in [0.717, 1.165) is 24.0 Å². The standard InChI is InChI=1S/C27H42N4O4/c1-10-12-20(6)29-24(32)23(21-18(4)13-11-14-19(21)5)31(16-15-28)25(33)22(17(2)3)30-26(34)35-27(7,8)9/h11,13-14,17,20,22-23H,10,12,16H2,1-9H3,(H,29,32)(H,30,34). The zero-order chi connectivity index (χ0) is 26.9. The molecule has 0 aromatic heterocycles. The molecule has 0 aliphatic rings. The van der Waals surface area contributed by atoms with Crippen LogP contribution in [0.1, 0.15) is 84.0 Å². The third-order valence-corrected chi connectivity index (χ3v) is 5.62. The normalized spacial score (nSPS) is 13.9. The van der Waals surface area contributed by atoms with Crippen molar-refractivity contribution in [2.75, 3.05) is 6.54 Å². The van der Waals surface area contributed by atoms with E-state index in [4.69, 9.17) is 4.74 Å². The van der Waals surface area contributed by atoms with Gasteiger partial charge in [-0.05, 0) is 70.6 Å². The van der Waals surface area contributed by atoms with Gasteiger partial charge in [-0.2, -0.15) is 5.26 Å². The van der Waals surface area contributed by atoms with Crippen LogP contribution in [0.15, 0.2) is 18.2 Å². The topological polar surface area (TPSA) is 112 Å². The van der Waals surface area contributed by atoms with Gasteiger partial charge in [0, 0.05) is 6.04 Å². The molecule has 0 fully saturated rings. The summed E-state index contributed by atoms with van der Waals surface area (Å²) in [5.41, 5.74) is 1.62. The van der Waals surface area contributed by atoms with Crippen molar-refractivity contribution < 1.29 is 19.1 Å². The first kappa shape index (κ1) is 30.0. The summed E-state index contributed by atoms with van der Waals surface area (Å²) in [5, 5.41) is 15.3. The molecule has 3 unspecified atom stereocenters. The smallest absolute Gasteiger partial charge is 0.408 e. The lowest BCUT2D eigenvalue weighted by molar-refractivity contribution is -0.142. The van der Waals surface area contributed by atoms with Crippen LogP contribution >= 0.6 is 0 Å². The maximum absolute atomic E-state index is 13.9. The Kier molecular flexibility index (Phi) is 11.2. The van der Waals surface area contributed by atoms with E-state index < -0.39 is 29.7 Å². The zero-order valence-corrected chi connectivity index (χ0v) is 22.7. The Morgan fingerprint density at radius 3 is 2.11 bits per heavy atom. The molecule has 0 heterocycles. The average molecular weight is 487 g/mol. The Hall–Kier alpha value is -3.08. The summed E-state index contributed by atoms with van der Waals surface area (Å²) >= 11 is 0. The molecule has 194 valence electrons. The molecule has 2 N–H and O–H groups in total. The van der Waals surface area contributed by atoms with Crippen molar-refractivity contribution in [1.29, 1.82) is 5.26 Å². The molecule has 0 aliphatic carbocycles. The van der Waals surface area contributed by atoms with E-state index in [2.05, 4.69) is 10.6 Å². The van der Waals surface area contributed by atoms with Gasteiger partial charge >= 0.3 is 6.09 Å². The minimum atomic E-state index is -1.02. The molecule has 8 heteroatoms. The van der Waals surface area contributed by atoms with E-state index in [0.29, 0.717) is 5.56 Å². The number of alkyl carbamates (subject to hydrolysis) is 1. The van der Waals surface area contributed by atoms with Crippen LogP contribution in [0.5, 0.6) is 0 Å². The minimum absolute atomic E-state index is 0.0980. The molecule has 8 nitrogen and oxygen atoms in total. The van der Waals surface area contributed by atoms with Gasteiger partial charge in [-0.25, -0.2) is 4.79 Å². The highest BCUT2D eigenvalue weighted by atomic mass is 16.6. The van der Waals surface area contributed by atoms with Gasteiger partial charge in [0.15, 0.2) is 0 Å². The summed E-state index contributed by atoms with van der Waals surface area (Å²) in [6.45, 7) is 16.2. The third kappa shape index (κ3) is 8.89. The van der Waals surface area contributed by atoms with Gasteiger partial charge in [0.05, 0.1) is 6.07 Å². The fraction of sp³-hybridized carbons (Fsp3) is 0.630. The van der Waals surface area contributed by atoms with Gasteiger partial charge < -0.3 is 20.3 Å². The van der Waals surface area contributed by atoms with Gasteiger partial charge in [-0.1, -0.05) is 45.4 Å². The monoisotopic (exact) mass is 486 g/mol. The number of rotatable bonds is 10. The molecule has 0 aliphatic heterocycles. The van der Waals surface area contributed by atoms with Gasteiger partial charge in [-0.3, -0.25) is 9.59 Å². The Bertz CT molecular complexity index is 910. The number of amides is 3. The largest absolute Gasteiger partial charge is 0.444 e. The van der Waals surface area contributed by atoms with E-state index in [1.807, 2.05) is 52.0 Å². The molecule has 3 amide bonds. The number of hydrogen-bond acceptors (Lipinski definition) is 5. The number of aryl methyl sites for hydroxylation is 2. The van der Waals surface area contributed by atoms with Crippen molar-refractivity contribution in [3.63, 3.8) is 0 Å². The lowest BCUT2D eigenvalue weighted by Crippen LogP contribution is -2.55. The second kappa shape index (κ2) is 13.1. The van der Waals surface area contributed by atoms with Gasteiger partial charge in [-0.15, -0.1) is 0 Å². The van der Waals surface area contributed by atoms with Crippen LogP contribution in [0, 0.1) is 31.1 Å². The number of nitrogens with zero attached hydrogens (tertiary/aromatic N) is 2. The second-order valence-corrected chi connectivity index (χ2v) is 10.4. The second-order valence-electron chi connectivity index (χ2n) is 10.4. The fourth-order valence-electron chi connectivity index (χ4n) is 4.01. The van der Waals surface area contributed by atoms with Crippen molar-refractivity contribution in [3.05, 3.63) is 34.9 Å². The van der Waals surface area contributed by atoms with Crippen molar-refractivity contribution in [2.24, 2.45) is 5.92 Å². The molecule has 1 rings (SSSR count). The zero-order valence-electron chi connectivity index (χ0n) is 22.7. The first-order valence-corrected chi connectivity index (χ1v) is 12.3. The van der Waals surface area contributed by atoms with Crippen molar-refractivity contribution >= 4 is 17.9 Å². The van der Waals surface area contributed by atoms with E-state index in [-0.39, 0.29) is 24.4 Å². The van der Waals surface area contributed by atoms with Crippen LogP contribution in [0.4, 0.5) is 4.79 Å². The van der Waals surface area contributed by atoms with E-state index in [1.54, 1.807) is 34.6 Å². The maximum atomic E-state index is 13.9. The van der Waals surface area contributed by atoms with Crippen molar-refractivity contribution in [2.45, 2.75) is 98.9 Å².